The van der Waals surface area contributed by atoms with Gasteiger partial charge in [0, 0.05) is 26.2 Å². The Morgan fingerprint density at radius 1 is 1.57 bits per heavy atom. The first-order valence-corrected chi connectivity index (χ1v) is 3.96. The first-order valence-electron chi connectivity index (χ1n) is 3.96. The minimum Gasteiger partial charge on any atom is -0.435 e. The molecule has 0 aromatic carbocycles. The fraction of sp³-hybridized carbons (Fsp3) is 0.222. The van der Waals surface area contributed by atoms with Gasteiger partial charge in [-0.25, -0.2) is 0 Å². The Balaban J connectivity index is 2.59. The second-order valence-corrected chi connectivity index (χ2v) is 2.68. The van der Waals surface area contributed by atoms with Gasteiger partial charge in [0.25, 0.3) is 0 Å². The highest BCUT2D eigenvalue weighted by Gasteiger charge is 2.03. The van der Waals surface area contributed by atoms with Crippen LogP contribution >= 0.6 is 0 Å². The zero-order valence-corrected chi connectivity index (χ0v) is 7.93. The predicted molar refractivity (Wildman–Crippen MR) is 48.4 cm³/mol. The van der Waals surface area contributed by atoms with Gasteiger partial charge in [0.05, 0.1) is 18.0 Å². The lowest BCUT2D eigenvalue weighted by atomic mass is 10.2. The van der Waals surface area contributed by atoms with E-state index in [1.165, 1.54) is 23.9 Å². The van der Waals surface area contributed by atoms with Crippen molar-refractivity contribution in [1.29, 1.82) is 0 Å². The summed E-state index contributed by atoms with van der Waals surface area (Å²) in [6.07, 6.45) is 5.27. The van der Waals surface area contributed by atoms with Crippen molar-refractivity contribution in [2.24, 2.45) is 7.05 Å². The maximum Gasteiger partial charge on any atom is 0.307 e. The highest BCUT2D eigenvalue weighted by atomic mass is 16.5. The van der Waals surface area contributed by atoms with E-state index >= 15 is 0 Å². The summed E-state index contributed by atoms with van der Waals surface area (Å²) in [6, 6.07) is 0. The van der Waals surface area contributed by atoms with Crippen molar-refractivity contribution in [2.45, 2.75) is 6.92 Å². The average Bonchev–Trinajstić information content (AvgIpc) is 2.51. The molecule has 0 aliphatic heterocycles. The molecule has 0 fully saturated rings. The standard InChI is InChI=1S/C9H10N2O3/c1-7(12)14-4-3-9(13)8-5-10-11(2)6-8/h3-6H,1-2H3/b4-3-. The number of aromatic nitrogens is 2. The number of carbonyl (C=O) groups excluding carboxylic acids is 2. The molecule has 0 saturated carbocycles. The normalized spacial score (nSPS) is 10.4. The molecule has 0 radical (unpaired) electrons. The summed E-state index contributed by atoms with van der Waals surface area (Å²) in [5.74, 6) is -0.709. The zero-order chi connectivity index (χ0) is 10.6. The molecular weight excluding hydrogens is 184 g/mol. The SMILES string of the molecule is CC(=O)O/C=C\C(=O)c1cnn(C)c1. The molecule has 0 aliphatic carbocycles. The molecule has 5 heteroatoms. The summed E-state index contributed by atoms with van der Waals surface area (Å²) in [7, 11) is 1.71. The van der Waals surface area contributed by atoms with Crippen molar-refractivity contribution in [1.82, 2.24) is 9.78 Å². The number of ether oxygens (including phenoxy) is 1. The fourth-order valence-corrected chi connectivity index (χ4v) is 0.836. The molecule has 0 aliphatic rings. The number of allylic oxidation sites excluding steroid dienone is 1. The second-order valence-electron chi connectivity index (χ2n) is 2.68. The van der Waals surface area contributed by atoms with Crippen molar-refractivity contribution in [3.8, 4) is 0 Å². The van der Waals surface area contributed by atoms with Crippen molar-refractivity contribution >= 4 is 11.8 Å². The van der Waals surface area contributed by atoms with Crippen LogP contribution in [0.25, 0.3) is 0 Å². The number of hydrogen-bond acceptors (Lipinski definition) is 4. The van der Waals surface area contributed by atoms with Gasteiger partial charge in [-0.3, -0.25) is 14.3 Å². The van der Waals surface area contributed by atoms with Crippen LogP contribution in [0.5, 0.6) is 0 Å². The molecule has 0 bridgehead atoms. The third kappa shape index (κ3) is 2.85. The molecule has 74 valence electrons. The van der Waals surface area contributed by atoms with Gasteiger partial charge in [-0.05, 0) is 0 Å². The number of rotatable bonds is 3. The Kier molecular flexibility index (Phi) is 3.17. The Morgan fingerprint density at radius 3 is 2.79 bits per heavy atom. The molecule has 0 spiro atoms. The molecule has 14 heavy (non-hydrogen) atoms. The average molecular weight is 194 g/mol. The predicted octanol–water partition coefficient (Wildman–Crippen LogP) is 0.680. The summed E-state index contributed by atoms with van der Waals surface area (Å²) in [4.78, 5) is 21.7. The van der Waals surface area contributed by atoms with Gasteiger partial charge < -0.3 is 4.74 Å². The van der Waals surface area contributed by atoms with Crippen LogP contribution in [0, 0.1) is 0 Å². The molecule has 0 atom stereocenters. The summed E-state index contributed by atoms with van der Waals surface area (Å²) < 4.78 is 5.99. The third-order valence-electron chi connectivity index (χ3n) is 1.44. The lowest BCUT2D eigenvalue weighted by molar-refractivity contribution is -0.135. The number of aryl methyl sites for hydroxylation is 1. The highest BCUT2D eigenvalue weighted by Crippen LogP contribution is 1.98. The minimum absolute atomic E-state index is 0.251. The Labute approximate surface area is 81.0 Å². The van der Waals surface area contributed by atoms with E-state index in [9.17, 15) is 9.59 Å². The van der Waals surface area contributed by atoms with Crippen LogP contribution in [0.1, 0.15) is 17.3 Å². The molecule has 1 aromatic heterocycles. The maximum atomic E-state index is 11.3. The largest absolute Gasteiger partial charge is 0.435 e. The quantitative estimate of drug-likeness (QED) is 0.307. The monoisotopic (exact) mass is 194 g/mol. The molecule has 1 aromatic rings. The van der Waals surface area contributed by atoms with E-state index in [-0.39, 0.29) is 5.78 Å². The van der Waals surface area contributed by atoms with Gasteiger partial charge in [0.2, 0.25) is 0 Å². The second kappa shape index (κ2) is 4.36. The van der Waals surface area contributed by atoms with Gasteiger partial charge >= 0.3 is 5.97 Å². The van der Waals surface area contributed by atoms with E-state index in [1.807, 2.05) is 0 Å². The Morgan fingerprint density at radius 2 is 2.29 bits per heavy atom. The van der Waals surface area contributed by atoms with Crippen LogP contribution in [-0.4, -0.2) is 21.5 Å². The van der Waals surface area contributed by atoms with Gasteiger partial charge in [0.1, 0.15) is 0 Å². The molecule has 0 N–H and O–H groups in total. The first kappa shape index (κ1) is 10.2. The number of nitrogens with zero attached hydrogens (tertiary/aromatic N) is 2. The van der Waals surface area contributed by atoms with Crippen LogP contribution < -0.4 is 0 Å². The van der Waals surface area contributed by atoms with Crippen molar-refractivity contribution < 1.29 is 14.3 Å². The summed E-state index contributed by atoms with van der Waals surface area (Å²) in [6.45, 7) is 1.26. The van der Waals surface area contributed by atoms with Gasteiger partial charge in [-0.2, -0.15) is 5.10 Å². The van der Waals surface area contributed by atoms with E-state index < -0.39 is 5.97 Å². The molecule has 5 nitrogen and oxygen atoms in total. The summed E-state index contributed by atoms with van der Waals surface area (Å²) in [5, 5.41) is 3.84. The highest BCUT2D eigenvalue weighted by molar-refractivity contribution is 6.04. The van der Waals surface area contributed by atoms with Gasteiger partial charge in [-0.15, -0.1) is 0 Å². The van der Waals surface area contributed by atoms with E-state index in [2.05, 4.69) is 9.84 Å². The molecular formula is C9H10N2O3. The number of ketones is 1. The minimum atomic E-state index is -0.458. The number of esters is 1. The smallest absolute Gasteiger partial charge is 0.307 e. The molecule has 1 heterocycles. The topological polar surface area (TPSA) is 61.2 Å². The van der Waals surface area contributed by atoms with Gasteiger partial charge in [-0.1, -0.05) is 0 Å². The van der Waals surface area contributed by atoms with Gasteiger partial charge in [0.15, 0.2) is 5.78 Å². The number of carbonyl (C=O) groups is 2. The van der Waals surface area contributed by atoms with E-state index in [0.29, 0.717) is 5.56 Å². The molecule has 0 saturated heterocycles. The first-order chi connectivity index (χ1) is 6.59. The number of hydrogen-bond donors (Lipinski definition) is 0. The van der Waals surface area contributed by atoms with Crippen molar-refractivity contribution in [2.75, 3.05) is 0 Å². The van der Waals surface area contributed by atoms with Crippen LogP contribution in [0.3, 0.4) is 0 Å². The van der Waals surface area contributed by atoms with E-state index in [1.54, 1.807) is 13.2 Å². The summed E-state index contributed by atoms with van der Waals surface area (Å²) in [5.41, 5.74) is 0.455. The van der Waals surface area contributed by atoms with Crippen molar-refractivity contribution in [3.63, 3.8) is 0 Å². The lowest BCUT2D eigenvalue weighted by Gasteiger charge is -1.90. The Hall–Kier alpha value is -1.91. The zero-order valence-electron chi connectivity index (χ0n) is 7.93. The fourth-order valence-electron chi connectivity index (χ4n) is 0.836. The van der Waals surface area contributed by atoms with Crippen LogP contribution in [0.2, 0.25) is 0 Å². The molecule has 0 unspecified atom stereocenters. The van der Waals surface area contributed by atoms with Crippen molar-refractivity contribution in [3.05, 3.63) is 30.3 Å². The summed E-state index contributed by atoms with van der Waals surface area (Å²) >= 11 is 0. The van der Waals surface area contributed by atoms with Crippen LogP contribution in [-0.2, 0) is 16.6 Å². The van der Waals surface area contributed by atoms with E-state index in [0.717, 1.165) is 6.26 Å². The Bertz CT molecular complexity index is 379. The molecule has 0 amide bonds. The van der Waals surface area contributed by atoms with Crippen LogP contribution in [0.15, 0.2) is 24.7 Å². The molecule has 1 rings (SSSR count). The van der Waals surface area contributed by atoms with E-state index in [4.69, 9.17) is 0 Å². The third-order valence-corrected chi connectivity index (χ3v) is 1.44. The maximum absolute atomic E-state index is 11.3. The van der Waals surface area contributed by atoms with Crippen LogP contribution in [0.4, 0.5) is 0 Å². The lowest BCUT2D eigenvalue weighted by Crippen LogP contribution is -1.95.